The molecule has 0 aliphatic carbocycles. The molecule has 1 atom stereocenters. The quantitative estimate of drug-likeness (QED) is 0.832. The molecule has 0 radical (unpaired) electrons. The Morgan fingerprint density at radius 2 is 1.45 bits per heavy atom. The van der Waals surface area contributed by atoms with E-state index in [-0.39, 0.29) is 5.41 Å². The van der Waals surface area contributed by atoms with Crippen molar-refractivity contribution in [3.63, 3.8) is 0 Å². The summed E-state index contributed by atoms with van der Waals surface area (Å²) in [6.45, 7) is 6.31. The van der Waals surface area contributed by atoms with Gasteiger partial charge in [0.25, 0.3) is 0 Å². The Labute approximate surface area is 121 Å². The predicted molar refractivity (Wildman–Crippen MR) is 82.0 cm³/mol. The van der Waals surface area contributed by atoms with Crippen molar-refractivity contribution in [3.05, 3.63) is 60.2 Å². The maximum Gasteiger partial charge on any atom is 0.460 e. The van der Waals surface area contributed by atoms with Crippen LogP contribution in [0.4, 0.5) is 0 Å². The van der Waals surface area contributed by atoms with Crippen LogP contribution in [-0.4, -0.2) is 4.89 Å². The van der Waals surface area contributed by atoms with Crippen molar-refractivity contribution in [3.8, 4) is 11.5 Å². The summed E-state index contributed by atoms with van der Waals surface area (Å²) in [5.74, 6) is 1.25. The molecule has 2 aromatic rings. The van der Waals surface area contributed by atoms with E-state index in [0.29, 0.717) is 11.5 Å². The number of hydrogen-bond donors (Lipinski definition) is 1. The molecule has 0 amide bonds. The van der Waals surface area contributed by atoms with Crippen LogP contribution in [0.3, 0.4) is 0 Å². The van der Waals surface area contributed by atoms with Crippen LogP contribution < -0.4 is 9.05 Å². The number of para-hydroxylation sites is 2. The summed E-state index contributed by atoms with van der Waals surface area (Å²) in [7, 11) is -2.00. The molecular weight excluding hydrogens is 271 g/mol. The van der Waals surface area contributed by atoms with Crippen molar-refractivity contribution in [2.75, 3.05) is 0 Å². The zero-order valence-electron chi connectivity index (χ0n) is 11.9. The molecule has 3 nitrogen and oxygen atoms in total. The maximum absolute atomic E-state index is 9.97. The number of rotatable bonds is 4. The lowest BCUT2D eigenvalue weighted by atomic mass is 9.86. The molecule has 0 aromatic heterocycles. The van der Waals surface area contributed by atoms with Crippen LogP contribution in [0.1, 0.15) is 26.3 Å². The molecule has 2 aromatic carbocycles. The summed E-state index contributed by atoms with van der Waals surface area (Å²) in [6.07, 6.45) is 0. The highest BCUT2D eigenvalue weighted by Crippen LogP contribution is 2.40. The van der Waals surface area contributed by atoms with Crippen molar-refractivity contribution < 1.29 is 13.9 Å². The summed E-state index contributed by atoms with van der Waals surface area (Å²) in [6, 6.07) is 16.9. The molecule has 0 saturated heterocycles. The van der Waals surface area contributed by atoms with Crippen molar-refractivity contribution in [1.82, 2.24) is 0 Å². The first-order valence-electron chi connectivity index (χ1n) is 6.46. The first-order valence-corrected chi connectivity index (χ1v) is 7.59. The number of hydrogen-bond acceptors (Lipinski definition) is 3. The Morgan fingerprint density at radius 3 is 2.10 bits per heavy atom. The second-order valence-corrected chi connectivity index (χ2v) is 6.32. The van der Waals surface area contributed by atoms with Gasteiger partial charge < -0.3 is 13.9 Å². The maximum atomic E-state index is 9.97. The lowest BCUT2D eigenvalue weighted by Crippen LogP contribution is -2.12. The zero-order chi connectivity index (χ0) is 14.6. The van der Waals surface area contributed by atoms with E-state index in [0.717, 1.165) is 5.56 Å². The highest BCUT2D eigenvalue weighted by atomic mass is 31.2. The van der Waals surface area contributed by atoms with Crippen molar-refractivity contribution in [2.24, 2.45) is 0 Å². The zero-order valence-corrected chi connectivity index (χ0v) is 12.8. The van der Waals surface area contributed by atoms with Gasteiger partial charge in [0, 0.05) is 5.56 Å². The van der Waals surface area contributed by atoms with Crippen LogP contribution in [0.2, 0.25) is 0 Å². The summed E-state index contributed by atoms with van der Waals surface area (Å²) < 4.78 is 11.0. The smallest absolute Gasteiger partial charge is 0.418 e. The summed E-state index contributed by atoms with van der Waals surface area (Å²) in [4.78, 5) is 9.97. The van der Waals surface area contributed by atoms with Gasteiger partial charge in [0.15, 0.2) is 0 Å². The minimum atomic E-state index is -2.00. The lowest BCUT2D eigenvalue weighted by molar-refractivity contribution is 0.376. The minimum Gasteiger partial charge on any atom is -0.418 e. The molecule has 1 unspecified atom stereocenters. The molecule has 20 heavy (non-hydrogen) atoms. The Morgan fingerprint density at radius 1 is 0.850 bits per heavy atom. The Balaban J connectivity index is 2.10. The molecule has 0 fully saturated rings. The van der Waals surface area contributed by atoms with Gasteiger partial charge in [0.05, 0.1) is 0 Å². The molecule has 1 N–H and O–H groups in total. The molecule has 0 bridgehead atoms. The van der Waals surface area contributed by atoms with Gasteiger partial charge >= 0.3 is 8.60 Å². The second kappa shape index (κ2) is 6.25. The van der Waals surface area contributed by atoms with Crippen molar-refractivity contribution >= 4 is 8.60 Å². The first-order chi connectivity index (χ1) is 9.47. The fourth-order valence-electron chi connectivity index (χ4n) is 1.84. The molecule has 0 aliphatic rings. The van der Waals surface area contributed by atoms with Crippen LogP contribution in [0.15, 0.2) is 54.6 Å². The van der Waals surface area contributed by atoms with Crippen LogP contribution in [-0.2, 0) is 5.41 Å². The Hall–Kier alpha value is -1.57. The average Bonchev–Trinajstić information content (AvgIpc) is 2.39. The summed E-state index contributed by atoms with van der Waals surface area (Å²) >= 11 is 0. The fraction of sp³-hybridized carbons (Fsp3) is 0.250. The molecule has 4 heteroatoms. The van der Waals surface area contributed by atoms with E-state index < -0.39 is 8.60 Å². The van der Waals surface area contributed by atoms with Crippen LogP contribution >= 0.6 is 8.60 Å². The van der Waals surface area contributed by atoms with Gasteiger partial charge in [-0.3, -0.25) is 0 Å². The van der Waals surface area contributed by atoms with E-state index >= 15 is 0 Å². The normalized spacial score (nSPS) is 12.8. The fourth-order valence-corrected chi connectivity index (χ4v) is 2.51. The highest BCUT2D eigenvalue weighted by Gasteiger charge is 2.21. The minimum absolute atomic E-state index is 0.0560. The van der Waals surface area contributed by atoms with Gasteiger partial charge in [-0.05, 0) is 23.6 Å². The predicted octanol–water partition coefficient (Wildman–Crippen LogP) is 4.66. The first kappa shape index (κ1) is 14.8. The molecular formula is C16H19O3P. The van der Waals surface area contributed by atoms with Gasteiger partial charge in [-0.15, -0.1) is 0 Å². The van der Waals surface area contributed by atoms with Gasteiger partial charge in [-0.1, -0.05) is 57.2 Å². The third kappa shape index (κ3) is 3.96. The third-order valence-electron chi connectivity index (χ3n) is 2.80. The average molecular weight is 290 g/mol. The SMILES string of the molecule is CC(C)(C)c1ccccc1OP(O)Oc1ccccc1. The Kier molecular flexibility index (Phi) is 4.64. The largest absolute Gasteiger partial charge is 0.460 e. The Bertz CT molecular complexity index is 549. The third-order valence-corrected chi connectivity index (χ3v) is 3.52. The molecule has 2 rings (SSSR count). The van der Waals surface area contributed by atoms with Crippen molar-refractivity contribution in [2.45, 2.75) is 26.2 Å². The number of benzene rings is 2. The molecule has 0 saturated carbocycles. The van der Waals surface area contributed by atoms with Gasteiger partial charge in [-0.2, -0.15) is 0 Å². The van der Waals surface area contributed by atoms with Gasteiger partial charge in [0.2, 0.25) is 0 Å². The van der Waals surface area contributed by atoms with Gasteiger partial charge in [0.1, 0.15) is 11.5 Å². The topological polar surface area (TPSA) is 38.7 Å². The monoisotopic (exact) mass is 290 g/mol. The van der Waals surface area contributed by atoms with Crippen molar-refractivity contribution in [1.29, 1.82) is 0 Å². The molecule has 0 heterocycles. The van der Waals surface area contributed by atoms with E-state index in [2.05, 4.69) is 20.8 Å². The standard InChI is InChI=1S/C16H19O3P/c1-16(2,3)14-11-7-8-12-15(14)19-20(17)18-13-9-5-4-6-10-13/h4-12,17H,1-3H3. The van der Waals surface area contributed by atoms with E-state index in [1.807, 2.05) is 42.5 Å². The van der Waals surface area contributed by atoms with Crippen LogP contribution in [0.5, 0.6) is 11.5 Å². The summed E-state index contributed by atoms with van der Waals surface area (Å²) in [5.41, 5.74) is 0.984. The van der Waals surface area contributed by atoms with E-state index in [1.165, 1.54) is 0 Å². The van der Waals surface area contributed by atoms with Gasteiger partial charge in [-0.25, -0.2) is 0 Å². The molecule has 0 spiro atoms. The molecule has 106 valence electrons. The lowest BCUT2D eigenvalue weighted by Gasteiger charge is -2.23. The van der Waals surface area contributed by atoms with E-state index in [9.17, 15) is 4.89 Å². The van der Waals surface area contributed by atoms with Crippen LogP contribution in [0, 0.1) is 0 Å². The van der Waals surface area contributed by atoms with E-state index in [1.54, 1.807) is 12.1 Å². The summed E-state index contributed by atoms with van der Waals surface area (Å²) in [5, 5.41) is 0. The highest BCUT2D eigenvalue weighted by molar-refractivity contribution is 7.41. The van der Waals surface area contributed by atoms with E-state index in [4.69, 9.17) is 9.05 Å². The second-order valence-electron chi connectivity index (χ2n) is 5.48. The van der Waals surface area contributed by atoms with Crippen LogP contribution in [0.25, 0.3) is 0 Å². The molecule has 0 aliphatic heterocycles.